The number of aromatic nitrogens is 2. The minimum Gasteiger partial charge on any atom is -0.503 e. The summed E-state index contributed by atoms with van der Waals surface area (Å²) >= 11 is 3.27. The lowest BCUT2D eigenvalue weighted by molar-refractivity contribution is -0.123. The zero-order valence-electron chi connectivity index (χ0n) is 15.9. The molecule has 28 heavy (non-hydrogen) atoms. The number of rotatable bonds is 4. The van der Waals surface area contributed by atoms with Gasteiger partial charge < -0.3 is 9.84 Å². The van der Waals surface area contributed by atoms with E-state index in [2.05, 4.69) is 25.9 Å². The highest BCUT2D eigenvalue weighted by Gasteiger charge is 2.47. The predicted octanol–water partition coefficient (Wildman–Crippen LogP) is 3.76. The Morgan fingerprint density at radius 2 is 1.96 bits per heavy atom. The monoisotopic (exact) mass is 445 g/mol. The van der Waals surface area contributed by atoms with Crippen molar-refractivity contribution in [3.05, 3.63) is 58.2 Å². The second kappa shape index (κ2) is 7.35. The SMILES string of the molecule is COc1ncccc1C1C(C(=O)C(C)(C)C)=C(O)C(=O)N1c1ccc(Br)nc1. The molecule has 1 aliphatic heterocycles. The molecule has 146 valence electrons. The van der Waals surface area contributed by atoms with Crippen LogP contribution in [0.2, 0.25) is 0 Å². The van der Waals surface area contributed by atoms with Gasteiger partial charge in [0.1, 0.15) is 10.6 Å². The van der Waals surface area contributed by atoms with E-state index in [1.54, 1.807) is 51.2 Å². The van der Waals surface area contributed by atoms with Crippen LogP contribution in [-0.2, 0) is 9.59 Å². The van der Waals surface area contributed by atoms with Gasteiger partial charge >= 0.3 is 0 Å². The van der Waals surface area contributed by atoms with Gasteiger partial charge in [0.05, 0.1) is 24.6 Å². The molecule has 2 aromatic rings. The fraction of sp³-hybridized carbons (Fsp3) is 0.300. The fourth-order valence-corrected chi connectivity index (χ4v) is 3.33. The molecule has 1 N–H and O–H groups in total. The Hall–Kier alpha value is -2.74. The van der Waals surface area contributed by atoms with Crippen LogP contribution in [-0.4, -0.2) is 33.9 Å². The molecule has 0 saturated carbocycles. The number of carbonyl (C=O) groups excluding carboxylic acids is 2. The number of nitrogens with zero attached hydrogens (tertiary/aromatic N) is 3. The van der Waals surface area contributed by atoms with Crippen LogP contribution >= 0.6 is 15.9 Å². The van der Waals surface area contributed by atoms with Crippen LogP contribution < -0.4 is 9.64 Å². The zero-order chi connectivity index (χ0) is 20.6. The Morgan fingerprint density at radius 1 is 1.25 bits per heavy atom. The van der Waals surface area contributed by atoms with Crippen LogP contribution in [0.4, 0.5) is 5.69 Å². The lowest BCUT2D eigenvalue weighted by Gasteiger charge is -2.29. The number of amides is 1. The van der Waals surface area contributed by atoms with E-state index >= 15 is 0 Å². The molecule has 0 saturated heterocycles. The molecular formula is C20H20BrN3O4. The highest BCUT2D eigenvalue weighted by atomic mass is 79.9. The Bertz CT molecular complexity index is 964. The van der Waals surface area contributed by atoms with Crippen molar-refractivity contribution in [2.75, 3.05) is 12.0 Å². The summed E-state index contributed by atoms with van der Waals surface area (Å²) < 4.78 is 5.96. The number of pyridine rings is 2. The number of aliphatic hydroxyl groups is 1. The summed E-state index contributed by atoms with van der Waals surface area (Å²) in [6, 6.07) is 5.89. The number of aliphatic hydroxyl groups excluding tert-OH is 1. The molecule has 0 bridgehead atoms. The first kappa shape index (κ1) is 20.0. The number of carbonyl (C=O) groups is 2. The van der Waals surface area contributed by atoms with Gasteiger partial charge in [-0.1, -0.05) is 20.8 Å². The van der Waals surface area contributed by atoms with Gasteiger partial charge in [0.2, 0.25) is 5.88 Å². The van der Waals surface area contributed by atoms with E-state index in [9.17, 15) is 14.7 Å². The van der Waals surface area contributed by atoms with Crippen LogP contribution in [0.5, 0.6) is 5.88 Å². The summed E-state index contributed by atoms with van der Waals surface area (Å²) in [5.41, 5.74) is 0.155. The molecule has 3 rings (SSSR count). The molecular weight excluding hydrogens is 426 g/mol. The minimum absolute atomic E-state index is 0.0201. The molecule has 0 aliphatic carbocycles. The molecule has 0 radical (unpaired) electrons. The van der Waals surface area contributed by atoms with Crippen LogP contribution in [0.3, 0.4) is 0 Å². The summed E-state index contributed by atoms with van der Waals surface area (Å²) in [5, 5.41) is 10.6. The molecule has 0 fully saturated rings. The quantitative estimate of drug-likeness (QED) is 0.719. The largest absolute Gasteiger partial charge is 0.503 e. The van der Waals surface area contributed by atoms with Crippen molar-refractivity contribution in [3.8, 4) is 5.88 Å². The maximum atomic E-state index is 13.2. The first-order valence-electron chi connectivity index (χ1n) is 8.58. The number of Topliss-reactive ketones (excluding diaryl/α,β-unsaturated/α-hetero) is 1. The van der Waals surface area contributed by atoms with E-state index in [1.165, 1.54) is 18.2 Å². The predicted molar refractivity (Wildman–Crippen MR) is 107 cm³/mol. The molecule has 0 spiro atoms. The van der Waals surface area contributed by atoms with Gasteiger partial charge in [-0.2, -0.15) is 0 Å². The molecule has 8 heteroatoms. The molecule has 1 atom stereocenters. The summed E-state index contributed by atoms with van der Waals surface area (Å²) in [6.45, 7) is 5.21. The van der Waals surface area contributed by atoms with E-state index in [-0.39, 0.29) is 17.2 Å². The lowest BCUT2D eigenvalue weighted by Crippen LogP contribution is -2.33. The number of methoxy groups -OCH3 is 1. The molecule has 1 amide bonds. The molecule has 0 aromatic carbocycles. The first-order chi connectivity index (χ1) is 13.2. The Morgan fingerprint density at radius 3 is 2.54 bits per heavy atom. The van der Waals surface area contributed by atoms with Crippen molar-refractivity contribution >= 4 is 33.3 Å². The van der Waals surface area contributed by atoms with Gasteiger partial charge in [0, 0.05) is 17.2 Å². The van der Waals surface area contributed by atoms with Crippen LogP contribution in [0.25, 0.3) is 0 Å². The third-order valence-electron chi connectivity index (χ3n) is 4.41. The average molecular weight is 446 g/mol. The molecule has 1 unspecified atom stereocenters. The third-order valence-corrected chi connectivity index (χ3v) is 4.88. The van der Waals surface area contributed by atoms with Crippen molar-refractivity contribution in [1.29, 1.82) is 0 Å². The van der Waals surface area contributed by atoms with Crippen molar-refractivity contribution in [2.45, 2.75) is 26.8 Å². The van der Waals surface area contributed by atoms with Crippen molar-refractivity contribution < 1.29 is 19.4 Å². The van der Waals surface area contributed by atoms with E-state index in [1.807, 2.05) is 0 Å². The summed E-state index contributed by atoms with van der Waals surface area (Å²) in [7, 11) is 1.46. The Kier molecular flexibility index (Phi) is 5.25. The number of halogens is 1. The van der Waals surface area contributed by atoms with E-state index < -0.39 is 23.1 Å². The second-order valence-corrected chi connectivity index (χ2v) is 8.17. The van der Waals surface area contributed by atoms with E-state index in [4.69, 9.17) is 4.74 Å². The fourth-order valence-electron chi connectivity index (χ4n) is 3.09. The number of ketones is 1. The van der Waals surface area contributed by atoms with Crippen molar-refractivity contribution in [2.24, 2.45) is 5.41 Å². The molecule has 2 aromatic heterocycles. The standard InChI is InChI=1S/C20H20BrN3O4/c1-20(2,3)17(26)14-15(12-6-5-9-22-18(12)28-4)24(19(27)16(14)25)11-7-8-13(21)23-10-11/h5-10,15,25H,1-4H3. The van der Waals surface area contributed by atoms with Gasteiger partial charge in [0.15, 0.2) is 11.5 Å². The highest BCUT2D eigenvalue weighted by Crippen LogP contribution is 2.45. The Balaban J connectivity index is 2.25. The highest BCUT2D eigenvalue weighted by molar-refractivity contribution is 9.10. The smallest absolute Gasteiger partial charge is 0.294 e. The van der Waals surface area contributed by atoms with Gasteiger partial charge in [-0.25, -0.2) is 9.97 Å². The zero-order valence-corrected chi connectivity index (χ0v) is 17.5. The molecule has 1 aliphatic rings. The summed E-state index contributed by atoms with van der Waals surface area (Å²) in [5.74, 6) is -1.31. The Labute approximate surface area is 171 Å². The van der Waals surface area contributed by atoms with Crippen LogP contribution in [0.1, 0.15) is 32.4 Å². The lowest BCUT2D eigenvalue weighted by atomic mass is 9.82. The van der Waals surface area contributed by atoms with Crippen LogP contribution in [0, 0.1) is 5.41 Å². The summed E-state index contributed by atoms with van der Waals surface area (Å²) in [6.07, 6.45) is 3.05. The molecule has 3 heterocycles. The minimum atomic E-state index is -0.883. The number of hydrogen-bond donors (Lipinski definition) is 1. The van der Waals surface area contributed by atoms with Crippen LogP contribution in [0.15, 0.2) is 52.6 Å². The maximum Gasteiger partial charge on any atom is 0.294 e. The van der Waals surface area contributed by atoms with Crippen molar-refractivity contribution in [3.63, 3.8) is 0 Å². The number of anilines is 1. The summed E-state index contributed by atoms with van der Waals surface area (Å²) in [4.78, 5) is 35.8. The topological polar surface area (TPSA) is 92.6 Å². The van der Waals surface area contributed by atoms with E-state index in [0.29, 0.717) is 15.9 Å². The van der Waals surface area contributed by atoms with Crippen molar-refractivity contribution in [1.82, 2.24) is 9.97 Å². The first-order valence-corrected chi connectivity index (χ1v) is 9.38. The maximum absolute atomic E-state index is 13.2. The normalized spacial score (nSPS) is 17.2. The van der Waals surface area contributed by atoms with Gasteiger partial charge in [0.25, 0.3) is 5.91 Å². The average Bonchev–Trinajstić information content (AvgIpc) is 2.92. The van der Waals surface area contributed by atoms with E-state index in [0.717, 1.165) is 0 Å². The number of hydrogen-bond acceptors (Lipinski definition) is 6. The number of ether oxygens (including phenoxy) is 1. The van der Waals surface area contributed by atoms with Gasteiger partial charge in [-0.3, -0.25) is 14.5 Å². The third kappa shape index (κ3) is 3.40. The van der Waals surface area contributed by atoms with Gasteiger partial charge in [-0.05, 0) is 40.2 Å². The molecule has 7 nitrogen and oxygen atoms in total. The second-order valence-electron chi connectivity index (χ2n) is 7.36. The van der Waals surface area contributed by atoms with Gasteiger partial charge in [-0.15, -0.1) is 0 Å².